The Kier molecular flexibility index (Phi) is 4.45. The number of carbonyl (C=O) groups is 2. The summed E-state index contributed by atoms with van der Waals surface area (Å²) in [6.07, 6.45) is 0. The molecule has 1 amide bonds. The van der Waals surface area contributed by atoms with Gasteiger partial charge in [-0.15, -0.1) is 0 Å². The third-order valence-corrected chi connectivity index (χ3v) is 4.54. The van der Waals surface area contributed by atoms with Crippen molar-refractivity contribution >= 4 is 28.3 Å². The number of aromatic nitrogens is 1. The van der Waals surface area contributed by atoms with E-state index in [0.717, 1.165) is 33.4 Å². The fourth-order valence-corrected chi connectivity index (χ4v) is 3.37. The highest BCUT2D eigenvalue weighted by Gasteiger charge is 2.18. The first-order valence-corrected chi connectivity index (χ1v) is 8.34. The Morgan fingerprint density at radius 2 is 1.76 bits per heavy atom. The lowest BCUT2D eigenvalue weighted by atomic mass is 10.1. The summed E-state index contributed by atoms with van der Waals surface area (Å²) in [5, 5.41) is 3.87. The Balaban J connectivity index is 1.94. The van der Waals surface area contributed by atoms with E-state index in [0.29, 0.717) is 5.56 Å². The van der Waals surface area contributed by atoms with E-state index >= 15 is 0 Å². The van der Waals surface area contributed by atoms with E-state index in [4.69, 9.17) is 0 Å². The molecule has 0 bridgehead atoms. The summed E-state index contributed by atoms with van der Waals surface area (Å²) in [5.74, 6) is -0.0897. The Labute approximate surface area is 147 Å². The van der Waals surface area contributed by atoms with Crippen LogP contribution in [0.1, 0.15) is 34.1 Å². The summed E-state index contributed by atoms with van der Waals surface area (Å²) in [7, 11) is 0. The van der Waals surface area contributed by atoms with Gasteiger partial charge in [-0.25, -0.2) is 0 Å². The average molecular weight is 334 g/mol. The maximum atomic E-state index is 12.6. The van der Waals surface area contributed by atoms with Gasteiger partial charge in [-0.05, 0) is 45.4 Å². The van der Waals surface area contributed by atoms with Gasteiger partial charge in [0.15, 0.2) is 5.78 Å². The highest BCUT2D eigenvalue weighted by Crippen LogP contribution is 2.26. The van der Waals surface area contributed by atoms with Crippen molar-refractivity contribution in [2.75, 3.05) is 5.32 Å². The van der Waals surface area contributed by atoms with Gasteiger partial charge in [-0.2, -0.15) is 0 Å². The zero-order valence-electron chi connectivity index (χ0n) is 15.0. The van der Waals surface area contributed by atoms with Crippen LogP contribution in [0.5, 0.6) is 0 Å². The van der Waals surface area contributed by atoms with Gasteiger partial charge >= 0.3 is 0 Å². The number of amides is 1. The molecule has 0 aliphatic rings. The van der Waals surface area contributed by atoms with Crippen LogP contribution < -0.4 is 5.32 Å². The molecular weight excluding hydrogens is 312 g/mol. The topological polar surface area (TPSA) is 51.1 Å². The number of fused-ring (bicyclic) bond motifs is 1. The minimum Gasteiger partial charge on any atom is -0.335 e. The first kappa shape index (κ1) is 17.0. The largest absolute Gasteiger partial charge is 0.335 e. The van der Waals surface area contributed by atoms with Crippen molar-refractivity contribution in [1.82, 2.24) is 4.57 Å². The van der Waals surface area contributed by atoms with E-state index in [-0.39, 0.29) is 18.2 Å². The maximum absolute atomic E-state index is 12.6. The molecule has 0 fully saturated rings. The van der Waals surface area contributed by atoms with Crippen molar-refractivity contribution in [3.8, 4) is 0 Å². The number of nitrogens with one attached hydrogen (secondary N) is 1. The van der Waals surface area contributed by atoms with Crippen molar-refractivity contribution in [1.29, 1.82) is 0 Å². The lowest BCUT2D eigenvalue weighted by Gasteiger charge is -2.12. The van der Waals surface area contributed by atoms with Gasteiger partial charge in [0, 0.05) is 27.8 Å². The van der Waals surface area contributed by atoms with Gasteiger partial charge in [0.25, 0.3) is 0 Å². The second kappa shape index (κ2) is 6.55. The minimum atomic E-state index is -0.106. The number of hydrogen-bond donors (Lipinski definition) is 1. The summed E-state index contributed by atoms with van der Waals surface area (Å²) < 4.78 is 1.91. The molecule has 0 unspecified atom stereocenters. The molecule has 1 heterocycles. The predicted octanol–water partition coefficient (Wildman–Crippen LogP) is 4.41. The summed E-state index contributed by atoms with van der Waals surface area (Å²) in [6.45, 7) is 7.63. The van der Waals surface area contributed by atoms with Gasteiger partial charge in [-0.1, -0.05) is 35.9 Å². The van der Waals surface area contributed by atoms with E-state index in [1.54, 1.807) is 6.92 Å². The summed E-state index contributed by atoms with van der Waals surface area (Å²) in [5.41, 5.74) is 5.43. The van der Waals surface area contributed by atoms with Crippen LogP contribution in [0.2, 0.25) is 0 Å². The number of hydrogen-bond acceptors (Lipinski definition) is 2. The molecule has 4 nitrogen and oxygen atoms in total. The van der Waals surface area contributed by atoms with Crippen LogP contribution in [0.15, 0.2) is 42.5 Å². The van der Waals surface area contributed by atoms with Crippen molar-refractivity contribution < 1.29 is 9.59 Å². The molecule has 3 rings (SSSR count). The van der Waals surface area contributed by atoms with Gasteiger partial charge in [0.1, 0.15) is 6.54 Å². The predicted molar refractivity (Wildman–Crippen MR) is 101 cm³/mol. The quantitative estimate of drug-likeness (QED) is 0.719. The molecule has 0 aliphatic carbocycles. The molecule has 3 aromatic rings. The lowest BCUT2D eigenvalue weighted by Crippen LogP contribution is -2.20. The lowest BCUT2D eigenvalue weighted by molar-refractivity contribution is -0.116. The molecule has 0 atom stereocenters. The minimum absolute atomic E-state index is 0.0160. The summed E-state index contributed by atoms with van der Waals surface area (Å²) >= 11 is 0. The van der Waals surface area contributed by atoms with Crippen LogP contribution in [0.25, 0.3) is 10.9 Å². The monoisotopic (exact) mass is 334 g/mol. The van der Waals surface area contributed by atoms with Crippen LogP contribution >= 0.6 is 0 Å². The number of ketones is 1. The molecular formula is C21H22N2O2. The standard InChI is InChI=1S/C21H22N2O2/c1-13-9-10-18(14(2)11-13)22-20(25)12-23-15(3)21(16(4)24)17-7-5-6-8-19(17)23/h5-11H,12H2,1-4H3,(H,22,25). The highest BCUT2D eigenvalue weighted by atomic mass is 16.2. The molecule has 0 radical (unpaired) electrons. The molecule has 1 aromatic heterocycles. The van der Waals surface area contributed by atoms with Crippen molar-refractivity contribution in [3.63, 3.8) is 0 Å². The van der Waals surface area contributed by atoms with Crippen molar-refractivity contribution in [2.45, 2.75) is 34.2 Å². The molecule has 0 saturated carbocycles. The number of para-hydroxylation sites is 1. The number of nitrogens with zero attached hydrogens (tertiary/aromatic N) is 1. The van der Waals surface area contributed by atoms with Gasteiger partial charge in [0.2, 0.25) is 5.91 Å². The van der Waals surface area contributed by atoms with Crippen LogP contribution in [-0.2, 0) is 11.3 Å². The van der Waals surface area contributed by atoms with Gasteiger partial charge in [-0.3, -0.25) is 9.59 Å². The fourth-order valence-electron chi connectivity index (χ4n) is 3.37. The zero-order valence-corrected chi connectivity index (χ0v) is 15.0. The first-order chi connectivity index (χ1) is 11.9. The zero-order chi connectivity index (χ0) is 18.1. The molecule has 128 valence electrons. The third kappa shape index (κ3) is 3.20. The van der Waals surface area contributed by atoms with E-state index in [1.165, 1.54) is 0 Å². The molecule has 25 heavy (non-hydrogen) atoms. The third-order valence-electron chi connectivity index (χ3n) is 4.54. The maximum Gasteiger partial charge on any atom is 0.244 e. The normalized spacial score (nSPS) is 10.9. The molecule has 4 heteroatoms. The Morgan fingerprint density at radius 3 is 2.44 bits per heavy atom. The molecule has 0 spiro atoms. The number of carbonyl (C=O) groups excluding carboxylic acids is 2. The Hall–Kier alpha value is -2.88. The Bertz CT molecular complexity index is 983. The van der Waals surface area contributed by atoms with Crippen LogP contribution in [0, 0.1) is 20.8 Å². The molecule has 1 N–H and O–H groups in total. The van der Waals surface area contributed by atoms with Crippen LogP contribution in [-0.4, -0.2) is 16.3 Å². The Morgan fingerprint density at radius 1 is 1.04 bits per heavy atom. The highest BCUT2D eigenvalue weighted by molar-refractivity contribution is 6.08. The molecule has 0 aliphatic heterocycles. The number of rotatable bonds is 4. The van der Waals surface area contributed by atoms with Crippen LogP contribution in [0.3, 0.4) is 0 Å². The number of Topliss-reactive ketones (excluding diaryl/α,β-unsaturated/α-hetero) is 1. The summed E-state index contributed by atoms with van der Waals surface area (Å²) in [6, 6.07) is 13.6. The summed E-state index contributed by atoms with van der Waals surface area (Å²) in [4.78, 5) is 24.6. The SMILES string of the molecule is CC(=O)c1c(C)n(CC(=O)Nc2ccc(C)cc2C)c2ccccc12. The number of anilines is 1. The second-order valence-corrected chi connectivity index (χ2v) is 6.49. The van der Waals surface area contributed by atoms with Crippen molar-refractivity contribution in [3.05, 3.63) is 64.8 Å². The smallest absolute Gasteiger partial charge is 0.244 e. The number of benzene rings is 2. The second-order valence-electron chi connectivity index (χ2n) is 6.49. The van der Waals surface area contributed by atoms with E-state index in [9.17, 15) is 9.59 Å². The average Bonchev–Trinajstić information content (AvgIpc) is 2.82. The van der Waals surface area contributed by atoms with Crippen molar-refractivity contribution in [2.24, 2.45) is 0 Å². The van der Waals surface area contributed by atoms with Crippen LogP contribution in [0.4, 0.5) is 5.69 Å². The molecule has 0 saturated heterocycles. The first-order valence-electron chi connectivity index (χ1n) is 8.34. The fraction of sp³-hybridized carbons (Fsp3) is 0.238. The van der Waals surface area contributed by atoms with Gasteiger partial charge < -0.3 is 9.88 Å². The number of aryl methyl sites for hydroxylation is 2. The van der Waals surface area contributed by atoms with E-state index < -0.39 is 0 Å². The van der Waals surface area contributed by atoms with Gasteiger partial charge in [0.05, 0.1) is 0 Å². The molecule has 2 aromatic carbocycles. The van der Waals surface area contributed by atoms with E-state index in [2.05, 4.69) is 5.32 Å². The van der Waals surface area contributed by atoms with E-state index in [1.807, 2.05) is 67.8 Å².